The van der Waals surface area contributed by atoms with Gasteiger partial charge in [0.05, 0.1) is 16.2 Å². The molecule has 0 radical (unpaired) electrons. The summed E-state index contributed by atoms with van der Waals surface area (Å²) in [6.45, 7) is 4.14. The van der Waals surface area contributed by atoms with Gasteiger partial charge in [0.25, 0.3) is 11.6 Å². The van der Waals surface area contributed by atoms with Crippen LogP contribution in [0.25, 0.3) is 0 Å². The number of nitrogens with zero attached hydrogens (tertiary/aromatic N) is 3. The Labute approximate surface area is 159 Å². The molecule has 1 aliphatic heterocycles. The molecule has 142 valence electrons. The summed E-state index contributed by atoms with van der Waals surface area (Å²) in [6.07, 6.45) is 4.50. The number of nitro groups is 1. The molecule has 0 saturated carbocycles. The number of anilines is 2. The van der Waals surface area contributed by atoms with E-state index in [4.69, 9.17) is 0 Å². The summed E-state index contributed by atoms with van der Waals surface area (Å²) in [7, 11) is 0. The molecule has 3 rings (SSSR count). The van der Waals surface area contributed by atoms with Crippen LogP contribution in [0.5, 0.6) is 0 Å². The van der Waals surface area contributed by atoms with E-state index in [0.717, 1.165) is 37.3 Å². The second kappa shape index (κ2) is 8.66. The molecule has 1 saturated heterocycles. The van der Waals surface area contributed by atoms with E-state index < -0.39 is 4.92 Å². The van der Waals surface area contributed by atoms with Crippen LogP contribution < -0.4 is 9.80 Å². The summed E-state index contributed by atoms with van der Waals surface area (Å²) in [6, 6.07) is 14.1. The fraction of sp³-hybridized carbons (Fsp3) is 0.381. The normalized spacial score (nSPS) is 14.5. The van der Waals surface area contributed by atoms with Crippen molar-refractivity contribution in [3.8, 4) is 0 Å². The molecule has 1 aliphatic rings. The highest BCUT2D eigenvalue weighted by Gasteiger charge is 2.25. The maximum atomic E-state index is 13.4. The average molecular weight is 367 g/mol. The summed E-state index contributed by atoms with van der Waals surface area (Å²) in [5.41, 5.74) is 1.93. The van der Waals surface area contributed by atoms with Crippen LogP contribution in [0.2, 0.25) is 0 Å². The number of benzene rings is 2. The zero-order chi connectivity index (χ0) is 19.2. The fourth-order valence-corrected chi connectivity index (χ4v) is 3.59. The molecule has 1 heterocycles. The summed E-state index contributed by atoms with van der Waals surface area (Å²) in [5.74, 6) is -0.202. The standard InChI is InChI=1S/C21H25N3O3/c1-2-23(17-10-6-5-7-11-17)21(25)19-16-18(24(26)27)12-13-20(19)22-14-8-3-4-9-15-22/h5-7,10-13,16H,2-4,8-9,14-15H2,1H3. The lowest BCUT2D eigenvalue weighted by Gasteiger charge is -2.28. The van der Waals surface area contributed by atoms with E-state index >= 15 is 0 Å². The first-order valence-electron chi connectivity index (χ1n) is 9.52. The Morgan fingerprint density at radius 1 is 1.07 bits per heavy atom. The molecular formula is C21H25N3O3. The highest BCUT2D eigenvalue weighted by Crippen LogP contribution is 2.30. The zero-order valence-electron chi connectivity index (χ0n) is 15.6. The second-order valence-corrected chi connectivity index (χ2v) is 6.74. The van der Waals surface area contributed by atoms with Crippen LogP contribution in [0.1, 0.15) is 43.0 Å². The van der Waals surface area contributed by atoms with Gasteiger partial charge in [-0.25, -0.2) is 0 Å². The predicted molar refractivity (Wildman–Crippen MR) is 108 cm³/mol. The molecule has 2 aromatic carbocycles. The number of amides is 1. The Morgan fingerprint density at radius 2 is 1.74 bits per heavy atom. The van der Waals surface area contributed by atoms with E-state index in [-0.39, 0.29) is 11.6 Å². The van der Waals surface area contributed by atoms with Crippen molar-refractivity contribution >= 4 is 23.0 Å². The van der Waals surface area contributed by atoms with Crippen LogP contribution in [0.3, 0.4) is 0 Å². The molecule has 6 nitrogen and oxygen atoms in total. The molecular weight excluding hydrogens is 342 g/mol. The first-order valence-corrected chi connectivity index (χ1v) is 9.52. The molecule has 1 fully saturated rings. The van der Waals surface area contributed by atoms with Crippen molar-refractivity contribution in [2.75, 3.05) is 29.4 Å². The lowest BCUT2D eigenvalue weighted by molar-refractivity contribution is -0.384. The second-order valence-electron chi connectivity index (χ2n) is 6.74. The molecule has 0 unspecified atom stereocenters. The van der Waals surface area contributed by atoms with Gasteiger partial charge in [0.15, 0.2) is 0 Å². The molecule has 0 bridgehead atoms. The van der Waals surface area contributed by atoms with Crippen LogP contribution in [0, 0.1) is 10.1 Å². The van der Waals surface area contributed by atoms with E-state index in [9.17, 15) is 14.9 Å². The topological polar surface area (TPSA) is 66.7 Å². The van der Waals surface area contributed by atoms with E-state index in [1.165, 1.54) is 25.0 Å². The predicted octanol–water partition coefficient (Wildman–Crippen LogP) is 4.64. The number of carbonyl (C=O) groups is 1. The van der Waals surface area contributed by atoms with Gasteiger partial charge in [-0.2, -0.15) is 0 Å². The van der Waals surface area contributed by atoms with Gasteiger partial charge in [0, 0.05) is 37.5 Å². The van der Waals surface area contributed by atoms with Gasteiger partial charge < -0.3 is 9.80 Å². The molecule has 0 spiro atoms. The van der Waals surface area contributed by atoms with Crippen molar-refractivity contribution in [3.63, 3.8) is 0 Å². The number of nitro benzene ring substituents is 1. The summed E-state index contributed by atoms with van der Waals surface area (Å²) in [5, 5.41) is 11.3. The van der Waals surface area contributed by atoms with Crippen LogP contribution >= 0.6 is 0 Å². The van der Waals surface area contributed by atoms with E-state index in [0.29, 0.717) is 12.1 Å². The number of hydrogen-bond donors (Lipinski definition) is 0. The largest absolute Gasteiger partial charge is 0.371 e. The first-order chi connectivity index (χ1) is 13.1. The van der Waals surface area contributed by atoms with Crippen LogP contribution in [0.15, 0.2) is 48.5 Å². The van der Waals surface area contributed by atoms with Gasteiger partial charge in [-0.15, -0.1) is 0 Å². The number of carbonyl (C=O) groups excluding carboxylic acids is 1. The lowest BCUT2D eigenvalue weighted by atomic mass is 10.1. The molecule has 6 heteroatoms. The third kappa shape index (κ3) is 4.27. The Hall–Kier alpha value is -2.89. The highest BCUT2D eigenvalue weighted by atomic mass is 16.6. The summed E-state index contributed by atoms with van der Waals surface area (Å²) >= 11 is 0. The van der Waals surface area contributed by atoms with Crippen LogP contribution in [0.4, 0.5) is 17.1 Å². The molecule has 0 atom stereocenters. The Balaban J connectivity index is 2.03. The van der Waals surface area contributed by atoms with Crippen molar-refractivity contribution in [1.82, 2.24) is 0 Å². The zero-order valence-corrected chi connectivity index (χ0v) is 15.6. The Kier molecular flexibility index (Phi) is 6.06. The summed E-state index contributed by atoms with van der Waals surface area (Å²) < 4.78 is 0. The smallest absolute Gasteiger partial charge is 0.270 e. The number of para-hydroxylation sites is 1. The molecule has 27 heavy (non-hydrogen) atoms. The van der Waals surface area contributed by atoms with Crippen molar-refractivity contribution < 1.29 is 9.72 Å². The minimum absolute atomic E-state index is 0.0546. The molecule has 0 aliphatic carbocycles. The molecule has 1 amide bonds. The first kappa shape index (κ1) is 18.9. The van der Waals surface area contributed by atoms with Crippen molar-refractivity contribution in [3.05, 3.63) is 64.2 Å². The Bertz CT molecular complexity index is 800. The molecule has 0 aromatic heterocycles. The van der Waals surface area contributed by atoms with Gasteiger partial charge in [0.1, 0.15) is 0 Å². The third-order valence-electron chi connectivity index (χ3n) is 5.00. The van der Waals surface area contributed by atoms with Crippen LogP contribution in [-0.4, -0.2) is 30.5 Å². The van der Waals surface area contributed by atoms with Gasteiger partial charge >= 0.3 is 0 Å². The highest BCUT2D eigenvalue weighted by molar-refractivity contribution is 6.10. The van der Waals surface area contributed by atoms with Gasteiger partial charge in [-0.3, -0.25) is 14.9 Å². The summed E-state index contributed by atoms with van der Waals surface area (Å²) in [4.78, 5) is 28.1. The molecule has 2 aromatic rings. The fourth-order valence-electron chi connectivity index (χ4n) is 3.59. The maximum absolute atomic E-state index is 13.4. The molecule has 0 N–H and O–H groups in total. The van der Waals surface area contributed by atoms with Gasteiger partial charge in [-0.1, -0.05) is 31.0 Å². The maximum Gasteiger partial charge on any atom is 0.270 e. The monoisotopic (exact) mass is 367 g/mol. The number of rotatable bonds is 5. The van der Waals surface area contributed by atoms with Crippen LogP contribution in [-0.2, 0) is 0 Å². The SMILES string of the molecule is CCN(C(=O)c1cc([N+](=O)[O-])ccc1N1CCCCCC1)c1ccccc1. The lowest BCUT2D eigenvalue weighted by Crippen LogP contribution is -2.33. The van der Waals surface area contributed by atoms with Crippen molar-refractivity contribution in [2.45, 2.75) is 32.6 Å². The van der Waals surface area contributed by atoms with E-state index in [1.807, 2.05) is 37.3 Å². The number of non-ortho nitro benzene ring substituents is 1. The number of hydrogen-bond acceptors (Lipinski definition) is 4. The quantitative estimate of drug-likeness (QED) is 0.570. The van der Waals surface area contributed by atoms with Gasteiger partial charge in [-0.05, 0) is 38.0 Å². The van der Waals surface area contributed by atoms with Crippen molar-refractivity contribution in [1.29, 1.82) is 0 Å². The minimum Gasteiger partial charge on any atom is -0.371 e. The average Bonchev–Trinajstić information content (AvgIpc) is 2.98. The third-order valence-corrected chi connectivity index (χ3v) is 5.00. The van der Waals surface area contributed by atoms with Crippen molar-refractivity contribution in [2.24, 2.45) is 0 Å². The van der Waals surface area contributed by atoms with Gasteiger partial charge in [0.2, 0.25) is 0 Å². The minimum atomic E-state index is -0.443. The Morgan fingerprint density at radius 3 is 2.33 bits per heavy atom. The van der Waals surface area contributed by atoms with E-state index in [1.54, 1.807) is 11.0 Å². The van der Waals surface area contributed by atoms with E-state index in [2.05, 4.69) is 4.90 Å².